The van der Waals surface area contributed by atoms with Gasteiger partial charge in [-0.15, -0.1) is 0 Å². The first-order valence-electron chi connectivity index (χ1n) is 7.73. The Hall–Kier alpha value is -2.34. The van der Waals surface area contributed by atoms with E-state index in [0.29, 0.717) is 35.3 Å². The smallest absolute Gasteiger partial charge is 0.255 e. The maximum atomic E-state index is 12.6. The summed E-state index contributed by atoms with van der Waals surface area (Å²) in [6.45, 7) is 1.22. The lowest BCUT2D eigenvalue weighted by Crippen LogP contribution is -2.44. The van der Waals surface area contributed by atoms with E-state index >= 15 is 0 Å². The minimum atomic E-state index is -0.0891. The summed E-state index contributed by atoms with van der Waals surface area (Å²) in [6, 6.07) is 5.14. The van der Waals surface area contributed by atoms with Crippen LogP contribution in [0, 0.1) is 0 Å². The number of halogens is 1. The van der Waals surface area contributed by atoms with E-state index in [-0.39, 0.29) is 12.0 Å². The van der Waals surface area contributed by atoms with Crippen LogP contribution < -0.4 is 9.47 Å². The Labute approximate surface area is 145 Å². The average molecular weight is 348 g/mol. The van der Waals surface area contributed by atoms with E-state index in [9.17, 15) is 4.79 Å². The van der Waals surface area contributed by atoms with Crippen LogP contribution in [0.15, 0.2) is 36.8 Å². The van der Waals surface area contributed by atoms with Crippen LogP contribution in [0.1, 0.15) is 23.2 Å². The normalized spacial score (nSPS) is 17.4. The highest BCUT2D eigenvalue weighted by molar-refractivity contribution is 6.31. The second kappa shape index (κ2) is 7.49. The summed E-state index contributed by atoms with van der Waals surface area (Å²) in [7, 11) is 1.54. The van der Waals surface area contributed by atoms with Crippen molar-refractivity contribution in [1.82, 2.24) is 14.9 Å². The zero-order valence-corrected chi connectivity index (χ0v) is 14.1. The van der Waals surface area contributed by atoms with Crippen LogP contribution in [0.4, 0.5) is 0 Å². The molecule has 0 bridgehead atoms. The molecule has 1 fully saturated rings. The van der Waals surface area contributed by atoms with Crippen molar-refractivity contribution in [3.63, 3.8) is 0 Å². The Morgan fingerprint density at radius 3 is 2.92 bits per heavy atom. The molecule has 0 unspecified atom stereocenters. The van der Waals surface area contributed by atoms with Gasteiger partial charge < -0.3 is 14.4 Å². The molecule has 1 aliphatic heterocycles. The third-order valence-electron chi connectivity index (χ3n) is 3.89. The summed E-state index contributed by atoms with van der Waals surface area (Å²) in [5, 5.41) is 0.473. The van der Waals surface area contributed by atoms with Gasteiger partial charge >= 0.3 is 0 Å². The number of likely N-dealkylation sites (tertiary alicyclic amines) is 1. The van der Waals surface area contributed by atoms with Gasteiger partial charge in [-0.25, -0.2) is 4.98 Å². The van der Waals surface area contributed by atoms with Crippen LogP contribution in [0.25, 0.3) is 0 Å². The summed E-state index contributed by atoms with van der Waals surface area (Å²) in [5.74, 6) is 1.02. The minimum absolute atomic E-state index is 0.0562. The molecule has 24 heavy (non-hydrogen) atoms. The quantitative estimate of drug-likeness (QED) is 0.851. The zero-order valence-electron chi connectivity index (χ0n) is 13.3. The molecular formula is C17H18ClN3O3. The van der Waals surface area contributed by atoms with Crippen LogP contribution in [0.5, 0.6) is 11.6 Å². The van der Waals surface area contributed by atoms with E-state index < -0.39 is 0 Å². The first-order chi connectivity index (χ1) is 11.7. The molecule has 7 heteroatoms. The van der Waals surface area contributed by atoms with Gasteiger partial charge in [-0.1, -0.05) is 11.6 Å². The highest BCUT2D eigenvalue weighted by Gasteiger charge is 2.26. The molecule has 1 aliphatic rings. The SMILES string of the molecule is COc1ccc(C(=O)N2CCC[C@H](Oc3ccncc3Cl)C2)cn1. The number of carbonyl (C=O) groups is 1. The molecule has 3 heterocycles. The summed E-state index contributed by atoms with van der Waals surface area (Å²) in [4.78, 5) is 22.4. The zero-order chi connectivity index (χ0) is 16.9. The topological polar surface area (TPSA) is 64.5 Å². The van der Waals surface area contributed by atoms with Gasteiger partial charge in [-0.2, -0.15) is 0 Å². The second-order valence-corrected chi connectivity index (χ2v) is 5.94. The fourth-order valence-electron chi connectivity index (χ4n) is 2.67. The molecule has 0 aromatic carbocycles. The lowest BCUT2D eigenvalue weighted by Gasteiger charge is -2.33. The summed E-state index contributed by atoms with van der Waals surface area (Å²) >= 11 is 6.08. The van der Waals surface area contributed by atoms with Crippen molar-refractivity contribution in [3.05, 3.63) is 47.4 Å². The maximum absolute atomic E-state index is 12.6. The number of hydrogen-bond donors (Lipinski definition) is 0. The predicted molar refractivity (Wildman–Crippen MR) is 89.6 cm³/mol. The molecule has 1 amide bonds. The van der Waals surface area contributed by atoms with Crippen LogP contribution in [0.2, 0.25) is 5.02 Å². The van der Waals surface area contributed by atoms with Crippen molar-refractivity contribution in [3.8, 4) is 11.6 Å². The molecule has 3 rings (SSSR count). The van der Waals surface area contributed by atoms with Crippen LogP contribution >= 0.6 is 11.6 Å². The number of ether oxygens (including phenoxy) is 2. The Morgan fingerprint density at radius 1 is 1.33 bits per heavy atom. The van der Waals surface area contributed by atoms with Gasteiger partial charge in [-0.05, 0) is 18.9 Å². The number of pyridine rings is 2. The molecule has 0 N–H and O–H groups in total. The molecule has 0 spiro atoms. The van der Waals surface area contributed by atoms with Crippen LogP contribution in [-0.4, -0.2) is 47.1 Å². The summed E-state index contributed by atoms with van der Waals surface area (Å²) in [6.07, 6.45) is 6.38. The van der Waals surface area contributed by atoms with E-state index in [1.54, 1.807) is 42.6 Å². The van der Waals surface area contributed by atoms with E-state index in [0.717, 1.165) is 12.8 Å². The fraction of sp³-hybridized carbons (Fsp3) is 0.353. The molecule has 2 aromatic heterocycles. The Morgan fingerprint density at radius 2 is 2.21 bits per heavy atom. The van der Waals surface area contributed by atoms with Gasteiger partial charge in [0.1, 0.15) is 16.9 Å². The minimum Gasteiger partial charge on any atom is -0.487 e. The summed E-state index contributed by atoms with van der Waals surface area (Å²) in [5.41, 5.74) is 0.540. The molecule has 0 aliphatic carbocycles. The van der Waals surface area contributed by atoms with Gasteiger partial charge in [0.25, 0.3) is 5.91 Å². The number of piperidine rings is 1. The van der Waals surface area contributed by atoms with E-state index in [4.69, 9.17) is 21.1 Å². The molecular weight excluding hydrogens is 330 g/mol. The number of aromatic nitrogens is 2. The van der Waals surface area contributed by atoms with Crippen molar-refractivity contribution in [2.45, 2.75) is 18.9 Å². The molecule has 0 radical (unpaired) electrons. The van der Waals surface area contributed by atoms with E-state index in [2.05, 4.69) is 9.97 Å². The van der Waals surface area contributed by atoms with Crippen molar-refractivity contribution in [2.24, 2.45) is 0 Å². The second-order valence-electron chi connectivity index (χ2n) is 5.53. The molecule has 2 aromatic rings. The standard InChI is InChI=1S/C17H18ClN3O3/c1-23-16-5-4-12(9-20-16)17(22)21-8-2-3-13(11-21)24-15-6-7-19-10-14(15)18/h4-7,9-10,13H,2-3,8,11H2,1H3/t13-/m0/s1. The first kappa shape index (κ1) is 16.5. The summed E-state index contributed by atoms with van der Waals surface area (Å²) < 4.78 is 11.0. The molecule has 6 nitrogen and oxygen atoms in total. The monoisotopic (exact) mass is 347 g/mol. The largest absolute Gasteiger partial charge is 0.487 e. The van der Waals surface area contributed by atoms with Crippen molar-refractivity contribution < 1.29 is 14.3 Å². The molecule has 1 atom stereocenters. The van der Waals surface area contributed by atoms with E-state index in [1.807, 2.05) is 0 Å². The van der Waals surface area contributed by atoms with Gasteiger partial charge in [-0.3, -0.25) is 9.78 Å². The lowest BCUT2D eigenvalue weighted by atomic mass is 10.1. The predicted octanol–water partition coefficient (Wildman–Crippen LogP) is 2.82. The number of nitrogens with zero attached hydrogens (tertiary/aromatic N) is 3. The Balaban J connectivity index is 1.66. The number of amides is 1. The number of hydrogen-bond acceptors (Lipinski definition) is 5. The third-order valence-corrected chi connectivity index (χ3v) is 4.17. The van der Waals surface area contributed by atoms with Crippen molar-refractivity contribution in [1.29, 1.82) is 0 Å². The third kappa shape index (κ3) is 3.76. The highest BCUT2D eigenvalue weighted by atomic mass is 35.5. The molecule has 0 saturated carbocycles. The van der Waals surface area contributed by atoms with Gasteiger partial charge in [0, 0.05) is 37.3 Å². The number of carbonyl (C=O) groups excluding carboxylic acids is 1. The van der Waals surface area contributed by atoms with Gasteiger partial charge in [0.05, 0.1) is 19.2 Å². The van der Waals surface area contributed by atoms with Crippen molar-refractivity contribution in [2.75, 3.05) is 20.2 Å². The van der Waals surface area contributed by atoms with Crippen LogP contribution in [0.3, 0.4) is 0 Å². The molecule has 126 valence electrons. The molecule has 1 saturated heterocycles. The van der Waals surface area contributed by atoms with Gasteiger partial charge in [0.15, 0.2) is 0 Å². The average Bonchev–Trinajstić information content (AvgIpc) is 2.63. The fourth-order valence-corrected chi connectivity index (χ4v) is 2.83. The maximum Gasteiger partial charge on any atom is 0.255 e. The lowest BCUT2D eigenvalue weighted by molar-refractivity contribution is 0.0537. The van der Waals surface area contributed by atoms with Gasteiger partial charge in [0.2, 0.25) is 5.88 Å². The highest BCUT2D eigenvalue weighted by Crippen LogP contribution is 2.26. The number of rotatable bonds is 4. The first-order valence-corrected chi connectivity index (χ1v) is 8.10. The Bertz CT molecular complexity index is 708. The van der Waals surface area contributed by atoms with E-state index in [1.165, 1.54) is 6.20 Å². The Kier molecular flexibility index (Phi) is 5.15. The van der Waals surface area contributed by atoms with Crippen molar-refractivity contribution >= 4 is 17.5 Å². The van der Waals surface area contributed by atoms with Crippen LogP contribution in [-0.2, 0) is 0 Å². The number of methoxy groups -OCH3 is 1.